The van der Waals surface area contributed by atoms with E-state index >= 15 is 0 Å². The molecule has 0 saturated carbocycles. The predicted octanol–water partition coefficient (Wildman–Crippen LogP) is 3.57. The number of thiol groups is 1. The van der Waals surface area contributed by atoms with Gasteiger partial charge in [0, 0.05) is 22.0 Å². The second-order valence-corrected chi connectivity index (χ2v) is 5.01. The fourth-order valence-corrected chi connectivity index (χ4v) is 2.33. The molecule has 20 heavy (non-hydrogen) atoms. The van der Waals surface area contributed by atoms with Gasteiger partial charge in [0.2, 0.25) is 0 Å². The monoisotopic (exact) mass is 307 g/mol. The van der Waals surface area contributed by atoms with Crippen molar-refractivity contribution >= 4 is 30.1 Å². The van der Waals surface area contributed by atoms with Crippen LogP contribution in [-0.4, -0.2) is 13.0 Å². The zero-order valence-corrected chi connectivity index (χ0v) is 12.5. The standard InChI is InChI=1S/C15H14ClNO2S/c1-19-13-7-4-6-12(16)11(13)9-17-15(18)10-5-2-3-8-14(10)20/h2-8,20H,9H2,1H3,(H,17,18). The molecule has 3 nitrogen and oxygen atoms in total. The van der Waals surface area contributed by atoms with Crippen LogP contribution in [0.25, 0.3) is 0 Å². The van der Waals surface area contributed by atoms with Gasteiger partial charge in [0.15, 0.2) is 0 Å². The minimum atomic E-state index is -0.197. The van der Waals surface area contributed by atoms with Gasteiger partial charge in [-0.15, -0.1) is 12.6 Å². The molecule has 0 heterocycles. The Kier molecular flexibility index (Phi) is 4.93. The van der Waals surface area contributed by atoms with Crippen molar-refractivity contribution < 1.29 is 9.53 Å². The molecule has 0 unspecified atom stereocenters. The average Bonchev–Trinajstić information content (AvgIpc) is 2.46. The lowest BCUT2D eigenvalue weighted by atomic mass is 10.1. The molecule has 0 radical (unpaired) electrons. The summed E-state index contributed by atoms with van der Waals surface area (Å²) in [6.07, 6.45) is 0. The highest BCUT2D eigenvalue weighted by atomic mass is 35.5. The topological polar surface area (TPSA) is 38.3 Å². The first-order valence-corrected chi connectivity index (χ1v) is 6.83. The quantitative estimate of drug-likeness (QED) is 0.848. The molecule has 0 spiro atoms. The van der Waals surface area contributed by atoms with Gasteiger partial charge in [0.25, 0.3) is 5.91 Å². The molecule has 0 aliphatic carbocycles. The van der Waals surface area contributed by atoms with Gasteiger partial charge in [0.1, 0.15) is 5.75 Å². The number of halogens is 1. The first kappa shape index (κ1) is 14.8. The van der Waals surface area contributed by atoms with Crippen molar-refractivity contribution in [2.24, 2.45) is 0 Å². The lowest BCUT2D eigenvalue weighted by molar-refractivity contribution is 0.0948. The van der Waals surface area contributed by atoms with Gasteiger partial charge in [-0.1, -0.05) is 29.8 Å². The van der Waals surface area contributed by atoms with Crippen molar-refractivity contribution in [2.45, 2.75) is 11.4 Å². The van der Waals surface area contributed by atoms with Crippen LogP contribution in [-0.2, 0) is 6.54 Å². The molecular weight excluding hydrogens is 294 g/mol. The summed E-state index contributed by atoms with van der Waals surface area (Å²) < 4.78 is 5.24. The summed E-state index contributed by atoms with van der Waals surface area (Å²) in [6.45, 7) is 0.295. The van der Waals surface area contributed by atoms with Crippen molar-refractivity contribution in [2.75, 3.05) is 7.11 Å². The Morgan fingerprint density at radius 1 is 1.25 bits per heavy atom. The average molecular weight is 308 g/mol. The van der Waals surface area contributed by atoms with Crippen LogP contribution in [0.15, 0.2) is 47.4 Å². The Bertz CT molecular complexity index is 631. The summed E-state index contributed by atoms with van der Waals surface area (Å²) in [6, 6.07) is 12.5. The molecule has 2 aromatic rings. The van der Waals surface area contributed by atoms with E-state index in [1.54, 1.807) is 43.5 Å². The zero-order chi connectivity index (χ0) is 14.5. The summed E-state index contributed by atoms with van der Waals surface area (Å²) in [5, 5.41) is 3.38. The number of carbonyl (C=O) groups excluding carboxylic acids is 1. The van der Waals surface area contributed by atoms with E-state index in [0.29, 0.717) is 27.8 Å². The van der Waals surface area contributed by atoms with E-state index in [2.05, 4.69) is 17.9 Å². The molecule has 104 valence electrons. The molecule has 0 bridgehead atoms. The van der Waals surface area contributed by atoms with Crippen molar-refractivity contribution in [3.05, 3.63) is 58.6 Å². The summed E-state index contributed by atoms with van der Waals surface area (Å²) in [5.41, 5.74) is 1.28. The summed E-state index contributed by atoms with van der Waals surface area (Å²) in [5.74, 6) is 0.453. The summed E-state index contributed by atoms with van der Waals surface area (Å²) >= 11 is 10.4. The van der Waals surface area contributed by atoms with Gasteiger partial charge in [-0.2, -0.15) is 0 Å². The maximum atomic E-state index is 12.1. The molecule has 0 aliphatic rings. The van der Waals surface area contributed by atoms with E-state index in [-0.39, 0.29) is 5.91 Å². The van der Waals surface area contributed by atoms with Crippen molar-refractivity contribution in [1.82, 2.24) is 5.32 Å². The second kappa shape index (κ2) is 6.68. The highest BCUT2D eigenvalue weighted by Crippen LogP contribution is 2.26. The molecule has 2 rings (SSSR count). The molecule has 5 heteroatoms. The minimum Gasteiger partial charge on any atom is -0.496 e. The number of nitrogens with one attached hydrogen (secondary N) is 1. The Morgan fingerprint density at radius 2 is 2.00 bits per heavy atom. The normalized spacial score (nSPS) is 10.2. The van der Waals surface area contributed by atoms with E-state index < -0.39 is 0 Å². The molecular formula is C15H14ClNO2S. The van der Waals surface area contributed by atoms with Gasteiger partial charge in [0.05, 0.1) is 12.7 Å². The van der Waals surface area contributed by atoms with Crippen LogP contribution in [0.2, 0.25) is 5.02 Å². The Labute approximate surface area is 128 Å². The predicted molar refractivity (Wildman–Crippen MR) is 82.9 cm³/mol. The van der Waals surface area contributed by atoms with Gasteiger partial charge in [-0.25, -0.2) is 0 Å². The summed E-state index contributed by atoms with van der Waals surface area (Å²) in [7, 11) is 1.57. The number of rotatable bonds is 4. The Balaban J connectivity index is 2.14. The Hall–Kier alpha value is -1.65. The van der Waals surface area contributed by atoms with Crippen molar-refractivity contribution in [3.63, 3.8) is 0 Å². The number of ether oxygens (including phenoxy) is 1. The number of methoxy groups -OCH3 is 1. The fourth-order valence-electron chi connectivity index (χ4n) is 1.83. The van der Waals surface area contributed by atoms with Gasteiger partial charge in [-0.05, 0) is 24.3 Å². The molecule has 0 aliphatic heterocycles. The molecule has 0 atom stereocenters. The van der Waals surface area contributed by atoms with E-state index in [1.807, 2.05) is 6.07 Å². The van der Waals surface area contributed by atoms with E-state index in [0.717, 1.165) is 5.56 Å². The molecule has 0 saturated heterocycles. The number of carbonyl (C=O) groups is 1. The largest absolute Gasteiger partial charge is 0.496 e. The Morgan fingerprint density at radius 3 is 2.70 bits per heavy atom. The van der Waals surface area contributed by atoms with Crippen LogP contribution in [0.1, 0.15) is 15.9 Å². The SMILES string of the molecule is COc1cccc(Cl)c1CNC(=O)c1ccccc1S. The maximum absolute atomic E-state index is 12.1. The molecule has 0 aromatic heterocycles. The highest BCUT2D eigenvalue weighted by molar-refractivity contribution is 7.80. The molecule has 0 fully saturated rings. The third-order valence-electron chi connectivity index (χ3n) is 2.87. The van der Waals surface area contributed by atoms with Crippen LogP contribution < -0.4 is 10.1 Å². The third kappa shape index (κ3) is 3.26. The lowest BCUT2D eigenvalue weighted by Gasteiger charge is -2.12. The maximum Gasteiger partial charge on any atom is 0.252 e. The number of hydrogen-bond acceptors (Lipinski definition) is 3. The van der Waals surface area contributed by atoms with Crippen LogP contribution in [0.5, 0.6) is 5.75 Å². The minimum absolute atomic E-state index is 0.197. The van der Waals surface area contributed by atoms with Crippen LogP contribution in [0.4, 0.5) is 0 Å². The van der Waals surface area contributed by atoms with Crippen LogP contribution >= 0.6 is 24.2 Å². The fraction of sp³-hybridized carbons (Fsp3) is 0.133. The first-order valence-electron chi connectivity index (χ1n) is 6.01. The van der Waals surface area contributed by atoms with Crippen molar-refractivity contribution in [3.8, 4) is 5.75 Å². The molecule has 1 amide bonds. The van der Waals surface area contributed by atoms with Crippen LogP contribution in [0, 0.1) is 0 Å². The van der Waals surface area contributed by atoms with E-state index in [9.17, 15) is 4.79 Å². The van der Waals surface area contributed by atoms with Gasteiger partial charge < -0.3 is 10.1 Å². The molecule has 1 N–H and O–H groups in total. The third-order valence-corrected chi connectivity index (χ3v) is 3.61. The number of hydrogen-bond donors (Lipinski definition) is 2. The van der Waals surface area contributed by atoms with Gasteiger partial charge in [-0.3, -0.25) is 4.79 Å². The number of amides is 1. The molecule has 2 aromatic carbocycles. The van der Waals surface area contributed by atoms with Gasteiger partial charge >= 0.3 is 0 Å². The van der Waals surface area contributed by atoms with Crippen molar-refractivity contribution in [1.29, 1.82) is 0 Å². The van der Waals surface area contributed by atoms with E-state index in [4.69, 9.17) is 16.3 Å². The summed E-state index contributed by atoms with van der Waals surface area (Å²) in [4.78, 5) is 12.7. The highest BCUT2D eigenvalue weighted by Gasteiger charge is 2.12. The van der Waals surface area contributed by atoms with Crippen LogP contribution in [0.3, 0.4) is 0 Å². The van der Waals surface area contributed by atoms with E-state index in [1.165, 1.54) is 0 Å². The second-order valence-electron chi connectivity index (χ2n) is 4.12. The first-order chi connectivity index (χ1) is 9.63. The lowest BCUT2D eigenvalue weighted by Crippen LogP contribution is -2.23. The smallest absolute Gasteiger partial charge is 0.252 e. The number of benzene rings is 2. The zero-order valence-electron chi connectivity index (χ0n) is 10.9.